The lowest BCUT2D eigenvalue weighted by Crippen LogP contribution is -2.67. The number of pyridine rings is 1. The van der Waals surface area contributed by atoms with Gasteiger partial charge >= 0.3 is 36.4 Å². The number of carbonyl (C=O) groups is 4. The highest BCUT2D eigenvalue weighted by Gasteiger charge is 2.49. The molecule has 2 aliphatic rings. The number of rotatable bonds is 4. The molecule has 2 fully saturated rings. The molecule has 0 aromatic carbocycles. The van der Waals surface area contributed by atoms with E-state index in [-0.39, 0.29) is 5.54 Å². The molecular weight excluding hydrogens is 683 g/mol. The van der Waals surface area contributed by atoms with E-state index in [0.717, 1.165) is 51.1 Å². The Labute approximate surface area is 264 Å². The minimum Gasteiger partial charge on any atom is -0.475 e. The van der Waals surface area contributed by atoms with Gasteiger partial charge in [0.05, 0.1) is 0 Å². The molecule has 2 aliphatic heterocycles. The molecule has 0 bridgehead atoms. The lowest BCUT2D eigenvalue weighted by atomic mass is 9.82. The van der Waals surface area contributed by atoms with Crippen molar-refractivity contribution >= 4 is 35.2 Å². The van der Waals surface area contributed by atoms with Gasteiger partial charge in [-0.1, -0.05) is 6.07 Å². The third-order valence-electron chi connectivity index (χ3n) is 6.61. The van der Waals surface area contributed by atoms with Crippen molar-refractivity contribution in [1.82, 2.24) is 19.7 Å². The van der Waals surface area contributed by atoms with E-state index in [1.54, 1.807) is 12.4 Å². The summed E-state index contributed by atoms with van der Waals surface area (Å²) in [5.41, 5.74) is 0.834. The molecule has 1 amide bonds. The average molecular weight is 713 g/mol. The van der Waals surface area contributed by atoms with Crippen LogP contribution in [-0.2, 0) is 32.3 Å². The van der Waals surface area contributed by atoms with Crippen molar-refractivity contribution in [3.05, 3.63) is 52.5 Å². The number of piperidine rings is 1. The van der Waals surface area contributed by atoms with Crippen LogP contribution in [0.4, 0.5) is 39.5 Å². The van der Waals surface area contributed by atoms with Crippen molar-refractivity contribution in [2.45, 2.75) is 50.0 Å². The number of aromatic nitrogens is 1. The minimum absolute atomic E-state index is 0.304. The molecule has 0 unspecified atom stereocenters. The summed E-state index contributed by atoms with van der Waals surface area (Å²) < 4.78 is 95.2. The number of likely N-dealkylation sites (N-methyl/N-ethyl adjacent to an activating group) is 1. The van der Waals surface area contributed by atoms with Crippen LogP contribution in [0, 0.1) is 0 Å². The zero-order chi connectivity index (χ0) is 36.2. The van der Waals surface area contributed by atoms with Crippen molar-refractivity contribution in [3.63, 3.8) is 0 Å². The molecule has 21 heteroatoms. The lowest BCUT2D eigenvalue weighted by molar-refractivity contribution is -0.193. The number of carbonyl (C=O) groups excluding carboxylic acids is 1. The zero-order valence-electron chi connectivity index (χ0n) is 24.3. The van der Waals surface area contributed by atoms with Gasteiger partial charge < -0.3 is 20.2 Å². The molecule has 0 atom stereocenters. The molecule has 3 N–H and O–H groups in total. The van der Waals surface area contributed by atoms with Crippen molar-refractivity contribution in [3.8, 4) is 0 Å². The number of hydrogen-bond donors (Lipinski definition) is 3. The number of amides is 1. The second-order valence-corrected chi connectivity index (χ2v) is 10.8. The molecule has 0 saturated carbocycles. The maximum Gasteiger partial charge on any atom is 0.490 e. The summed E-state index contributed by atoms with van der Waals surface area (Å²) in [6.07, 6.45) is -9.81. The minimum atomic E-state index is -5.08. The summed E-state index contributed by atoms with van der Waals surface area (Å²) >= 11 is 1.81. The molecule has 4 heterocycles. The van der Waals surface area contributed by atoms with Gasteiger partial charge in [0.15, 0.2) is 0 Å². The number of likely N-dealkylation sites (tertiary alicyclic amines) is 1. The molecule has 11 nitrogen and oxygen atoms in total. The number of alkyl halides is 9. The number of piperazine rings is 1. The Morgan fingerprint density at radius 1 is 0.787 bits per heavy atom. The van der Waals surface area contributed by atoms with E-state index in [1.165, 1.54) is 4.88 Å². The Hall–Kier alpha value is -3.98. The van der Waals surface area contributed by atoms with Crippen LogP contribution in [0.5, 0.6) is 0 Å². The van der Waals surface area contributed by atoms with Crippen LogP contribution in [0.1, 0.15) is 23.3 Å². The Morgan fingerprint density at radius 3 is 1.62 bits per heavy atom. The summed E-state index contributed by atoms with van der Waals surface area (Å²) in [7, 11) is 2.12. The standard InChI is InChI=1S/C20H26N4OS.3C2HF3O2/c1-22-12-13-24(15-17-4-8-21-9-5-17)19(25)20(22)6-10-23(11-7-20)16-18-3-2-14-26-18;3*3-2(4,5)1(6)7/h2-5,8-9,14H,6-7,10-13,15-16H2,1H3;3*(H,6,7). The number of nitrogens with zero attached hydrogens (tertiary/aromatic N) is 4. The van der Waals surface area contributed by atoms with Crippen LogP contribution in [0.3, 0.4) is 0 Å². The normalized spacial score (nSPS) is 16.9. The molecule has 264 valence electrons. The van der Waals surface area contributed by atoms with Crippen LogP contribution in [0.15, 0.2) is 42.0 Å². The Morgan fingerprint density at radius 2 is 1.23 bits per heavy atom. The molecule has 4 rings (SSSR count). The number of halogens is 9. The first-order valence-electron chi connectivity index (χ1n) is 13.0. The molecule has 0 aliphatic carbocycles. The highest BCUT2D eigenvalue weighted by Crippen LogP contribution is 2.34. The van der Waals surface area contributed by atoms with E-state index in [2.05, 4.69) is 39.3 Å². The third kappa shape index (κ3) is 13.7. The summed E-state index contributed by atoms with van der Waals surface area (Å²) in [4.78, 5) is 52.4. The van der Waals surface area contributed by atoms with Crippen molar-refractivity contribution < 1.29 is 74.0 Å². The first-order valence-corrected chi connectivity index (χ1v) is 13.9. The van der Waals surface area contributed by atoms with Crippen molar-refractivity contribution in [2.24, 2.45) is 0 Å². The predicted molar refractivity (Wildman–Crippen MR) is 145 cm³/mol. The van der Waals surface area contributed by atoms with Gasteiger partial charge in [-0.05, 0) is 49.0 Å². The van der Waals surface area contributed by atoms with E-state index >= 15 is 0 Å². The number of carboxylic acid groups (broad SMARTS) is 3. The molecule has 2 saturated heterocycles. The third-order valence-corrected chi connectivity index (χ3v) is 7.48. The molecule has 2 aromatic heterocycles. The van der Waals surface area contributed by atoms with Gasteiger partial charge in [-0.2, -0.15) is 39.5 Å². The Balaban J connectivity index is 0.000000430. The lowest BCUT2D eigenvalue weighted by Gasteiger charge is -2.51. The number of carboxylic acids is 3. The molecule has 2 aromatic rings. The zero-order valence-corrected chi connectivity index (χ0v) is 25.1. The van der Waals surface area contributed by atoms with Gasteiger partial charge in [-0.15, -0.1) is 11.3 Å². The smallest absolute Gasteiger partial charge is 0.475 e. The molecular formula is C26H29F9N4O7S. The van der Waals surface area contributed by atoms with Crippen molar-refractivity contribution in [1.29, 1.82) is 0 Å². The summed E-state index contributed by atoms with van der Waals surface area (Å²) in [5.74, 6) is -7.97. The molecule has 47 heavy (non-hydrogen) atoms. The SMILES string of the molecule is CN1CCN(Cc2ccncc2)C(=O)C12CCN(Cc1cccs1)CC2.O=C(O)C(F)(F)F.O=C(O)C(F)(F)F.O=C(O)C(F)(F)F. The second-order valence-electron chi connectivity index (χ2n) is 9.80. The maximum absolute atomic E-state index is 13.4. The second kappa shape index (κ2) is 17.3. The van der Waals surface area contributed by atoms with E-state index in [1.807, 2.05) is 28.4 Å². The largest absolute Gasteiger partial charge is 0.490 e. The maximum atomic E-state index is 13.4. The Kier molecular flexibility index (Phi) is 15.1. The van der Waals surface area contributed by atoms with E-state index in [0.29, 0.717) is 12.5 Å². The topological polar surface area (TPSA) is 152 Å². The highest BCUT2D eigenvalue weighted by atomic mass is 32.1. The van der Waals surface area contributed by atoms with Gasteiger partial charge in [-0.25, -0.2) is 14.4 Å². The van der Waals surface area contributed by atoms with Crippen molar-refractivity contribution in [2.75, 3.05) is 33.2 Å². The number of thiophene rings is 1. The monoisotopic (exact) mass is 712 g/mol. The Bertz CT molecular complexity index is 1240. The fourth-order valence-corrected chi connectivity index (χ4v) is 4.95. The van der Waals surface area contributed by atoms with Gasteiger partial charge in [0, 0.05) is 56.5 Å². The first-order chi connectivity index (χ1) is 21.5. The van der Waals surface area contributed by atoms with E-state index in [9.17, 15) is 44.3 Å². The van der Waals surface area contributed by atoms with Gasteiger partial charge in [-0.3, -0.25) is 19.6 Å². The summed E-state index contributed by atoms with van der Waals surface area (Å²) in [6, 6.07) is 8.31. The van der Waals surface area contributed by atoms with Gasteiger partial charge in [0.25, 0.3) is 0 Å². The fourth-order valence-electron chi connectivity index (χ4n) is 4.20. The van der Waals surface area contributed by atoms with Gasteiger partial charge in [0.2, 0.25) is 5.91 Å². The van der Waals surface area contributed by atoms with E-state index < -0.39 is 36.4 Å². The fraction of sp³-hybridized carbons (Fsp3) is 0.500. The molecule has 0 radical (unpaired) electrons. The number of aliphatic carboxylic acids is 3. The average Bonchev–Trinajstić information content (AvgIpc) is 3.48. The summed E-state index contributed by atoms with van der Waals surface area (Å²) in [6.45, 7) is 5.41. The van der Waals surface area contributed by atoms with Crippen LogP contribution in [-0.4, -0.2) is 116 Å². The van der Waals surface area contributed by atoms with Crippen LogP contribution < -0.4 is 0 Å². The number of hydrogen-bond acceptors (Lipinski definition) is 8. The highest BCUT2D eigenvalue weighted by molar-refractivity contribution is 7.09. The van der Waals surface area contributed by atoms with Crippen LogP contribution in [0.25, 0.3) is 0 Å². The van der Waals surface area contributed by atoms with E-state index in [4.69, 9.17) is 29.7 Å². The van der Waals surface area contributed by atoms with Crippen LogP contribution >= 0.6 is 11.3 Å². The van der Waals surface area contributed by atoms with Gasteiger partial charge in [0.1, 0.15) is 5.54 Å². The molecule has 1 spiro atoms. The van der Waals surface area contributed by atoms with Crippen LogP contribution in [0.2, 0.25) is 0 Å². The predicted octanol–water partition coefficient (Wildman–Crippen LogP) is 4.35. The quantitative estimate of drug-likeness (QED) is 0.391. The first kappa shape index (κ1) is 41.0. The summed E-state index contributed by atoms with van der Waals surface area (Å²) in [5, 5.41) is 23.5.